The monoisotopic (exact) mass is 257 g/mol. The molecule has 0 amide bonds. The van der Waals surface area contributed by atoms with Crippen LogP contribution in [-0.4, -0.2) is 18.6 Å². The first-order chi connectivity index (χ1) is 8.74. The maximum Gasteiger partial charge on any atom is 0.0991 e. The molecule has 1 aromatic carbocycles. The van der Waals surface area contributed by atoms with Gasteiger partial charge in [-0.05, 0) is 19.2 Å². The number of hydrogen-bond acceptors (Lipinski definition) is 4. The number of likely N-dealkylation sites (N-methyl/N-ethyl adjacent to an activating group) is 1. The third-order valence-corrected chi connectivity index (χ3v) is 3.84. The Morgan fingerprint density at radius 2 is 2.11 bits per heavy atom. The Morgan fingerprint density at radius 1 is 1.39 bits per heavy atom. The highest BCUT2D eigenvalue weighted by Crippen LogP contribution is 2.26. The van der Waals surface area contributed by atoms with Crippen molar-refractivity contribution in [2.75, 3.05) is 13.6 Å². The van der Waals surface area contributed by atoms with Crippen LogP contribution in [-0.2, 0) is 0 Å². The Balaban J connectivity index is 2.21. The van der Waals surface area contributed by atoms with Gasteiger partial charge in [0.15, 0.2) is 0 Å². The summed E-state index contributed by atoms with van der Waals surface area (Å²) in [5, 5.41) is 15.1. The SMILES string of the molecule is CNCC(C)c1nc(-c2ccc(C#N)cc2)cs1. The van der Waals surface area contributed by atoms with E-state index in [1.807, 2.05) is 31.3 Å². The molecule has 0 saturated heterocycles. The van der Waals surface area contributed by atoms with E-state index < -0.39 is 0 Å². The second-order valence-electron chi connectivity index (χ2n) is 4.22. The van der Waals surface area contributed by atoms with Gasteiger partial charge in [-0.25, -0.2) is 4.98 Å². The molecule has 0 bridgehead atoms. The van der Waals surface area contributed by atoms with E-state index in [2.05, 4.69) is 28.7 Å². The second-order valence-corrected chi connectivity index (χ2v) is 5.11. The fraction of sp³-hybridized carbons (Fsp3) is 0.286. The van der Waals surface area contributed by atoms with Crippen molar-refractivity contribution in [2.24, 2.45) is 0 Å². The summed E-state index contributed by atoms with van der Waals surface area (Å²) in [5.74, 6) is 0.423. The number of nitrogens with one attached hydrogen (secondary N) is 1. The molecule has 2 rings (SSSR count). The quantitative estimate of drug-likeness (QED) is 0.916. The fourth-order valence-electron chi connectivity index (χ4n) is 1.76. The lowest BCUT2D eigenvalue weighted by Gasteiger charge is -2.05. The molecule has 92 valence electrons. The molecule has 4 heteroatoms. The van der Waals surface area contributed by atoms with Gasteiger partial charge in [0.05, 0.1) is 22.3 Å². The lowest BCUT2D eigenvalue weighted by molar-refractivity contribution is 0.674. The number of thiazole rings is 1. The molecule has 1 heterocycles. The van der Waals surface area contributed by atoms with Gasteiger partial charge in [0.2, 0.25) is 0 Å². The summed E-state index contributed by atoms with van der Waals surface area (Å²) in [7, 11) is 1.95. The third kappa shape index (κ3) is 2.76. The number of rotatable bonds is 4. The highest BCUT2D eigenvalue weighted by molar-refractivity contribution is 7.10. The van der Waals surface area contributed by atoms with Crippen LogP contribution in [0, 0.1) is 11.3 Å². The number of nitriles is 1. The van der Waals surface area contributed by atoms with Gasteiger partial charge in [0, 0.05) is 23.4 Å². The molecule has 0 saturated carbocycles. The smallest absolute Gasteiger partial charge is 0.0991 e. The molecule has 1 aromatic heterocycles. The summed E-state index contributed by atoms with van der Waals surface area (Å²) in [6.45, 7) is 3.10. The van der Waals surface area contributed by atoms with Gasteiger partial charge in [0.25, 0.3) is 0 Å². The first-order valence-corrected chi connectivity index (χ1v) is 6.73. The molecule has 0 aliphatic heterocycles. The highest BCUT2D eigenvalue weighted by atomic mass is 32.1. The number of nitrogens with zero attached hydrogens (tertiary/aromatic N) is 2. The summed E-state index contributed by atoms with van der Waals surface area (Å²) < 4.78 is 0. The average molecular weight is 257 g/mol. The highest BCUT2D eigenvalue weighted by Gasteiger charge is 2.10. The van der Waals surface area contributed by atoms with E-state index >= 15 is 0 Å². The maximum absolute atomic E-state index is 8.76. The van der Waals surface area contributed by atoms with Gasteiger partial charge in [0.1, 0.15) is 0 Å². The van der Waals surface area contributed by atoms with Gasteiger partial charge in [-0.2, -0.15) is 5.26 Å². The molecular weight excluding hydrogens is 242 g/mol. The molecule has 18 heavy (non-hydrogen) atoms. The summed E-state index contributed by atoms with van der Waals surface area (Å²) in [4.78, 5) is 4.65. The molecular formula is C14H15N3S. The van der Waals surface area contributed by atoms with Crippen LogP contribution < -0.4 is 5.32 Å². The zero-order chi connectivity index (χ0) is 13.0. The van der Waals surface area contributed by atoms with Crippen molar-refractivity contribution in [1.82, 2.24) is 10.3 Å². The van der Waals surface area contributed by atoms with E-state index in [-0.39, 0.29) is 0 Å². The summed E-state index contributed by atoms with van der Waals surface area (Å²) in [6.07, 6.45) is 0. The Hall–Kier alpha value is -1.70. The number of hydrogen-bond donors (Lipinski definition) is 1. The van der Waals surface area contributed by atoms with Crippen molar-refractivity contribution in [1.29, 1.82) is 5.26 Å². The van der Waals surface area contributed by atoms with Gasteiger partial charge >= 0.3 is 0 Å². The van der Waals surface area contributed by atoms with Crippen LogP contribution in [0.3, 0.4) is 0 Å². The first-order valence-electron chi connectivity index (χ1n) is 5.85. The van der Waals surface area contributed by atoms with Crippen LogP contribution in [0.15, 0.2) is 29.6 Å². The zero-order valence-corrected chi connectivity index (χ0v) is 11.3. The lowest BCUT2D eigenvalue weighted by Crippen LogP contribution is -2.14. The molecule has 0 spiro atoms. The van der Waals surface area contributed by atoms with Crippen molar-refractivity contribution in [3.05, 3.63) is 40.2 Å². The minimum atomic E-state index is 0.423. The molecule has 3 nitrogen and oxygen atoms in total. The predicted octanol–water partition coefficient (Wildman–Crippen LogP) is 3.00. The summed E-state index contributed by atoms with van der Waals surface area (Å²) in [5.41, 5.74) is 2.73. The summed E-state index contributed by atoms with van der Waals surface area (Å²) >= 11 is 1.69. The minimum absolute atomic E-state index is 0.423. The molecule has 0 aliphatic carbocycles. The van der Waals surface area contributed by atoms with Crippen molar-refractivity contribution in [3.8, 4) is 17.3 Å². The third-order valence-electron chi connectivity index (χ3n) is 2.76. The minimum Gasteiger partial charge on any atom is -0.319 e. The molecule has 0 aliphatic rings. The normalized spacial score (nSPS) is 12.1. The van der Waals surface area contributed by atoms with Crippen LogP contribution in [0.1, 0.15) is 23.4 Å². The van der Waals surface area contributed by atoms with E-state index in [0.29, 0.717) is 11.5 Å². The van der Waals surface area contributed by atoms with E-state index in [0.717, 1.165) is 22.8 Å². The predicted molar refractivity (Wildman–Crippen MR) is 74.6 cm³/mol. The number of aromatic nitrogens is 1. The van der Waals surface area contributed by atoms with Crippen molar-refractivity contribution < 1.29 is 0 Å². The van der Waals surface area contributed by atoms with E-state index in [9.17, 15) is 0 Å². The van der Waals surface area contributed by atoms with Gasteiger partial charge in [-0.15, -0.1) is 11.3 Å². The Morgan fingerprint density at radius 3 is 2.72 bits per heavy atom. The number of benzene rings is 1. The molecule has 1 N–H and O–H groups in total. The van der Waals surface area contributed by atoms with Gasteiger partial charge < -0.3 is 5.32 Å². The Labute approximate surface area is 111 Å². The van der Waals surface area contributed by atoms with Crippen LogP contribution >= 0.6 is 11.3 Å². The van der Waals surface area contributed by atoms with E-state index in [1.54, 1.807) is 11.3 Å². The van der Waals surface area contributed by atoms with E-state index in [1.165, 1.54) is 0 Å². The van der Waals surface area contributed by atoms with Crippen LogP contribution in [0.2, 0.25) is 0 Å². The molecule has 1 atom stereocenters. The van der Waals surface area contributed by atoms with Crippen LogP contribution in [0.4, 0.5) is 0 Å². The largest absolute Gasteiger partial charge is 0.319 e. The molecule has 1 unspecified atom stereocenters. The van der Waals surface area contributed by atoms with Crippen LogP contribution in [0.25, 0.3) is 11.3 Å². The second kappa shape index (κ2) is 5.76. The Kier molecular flexibility index (Phi) is 4.08. The summed E-state index contributed by atoms with van der Waals surface area (Å²) in [6, 6.07) is 9.66. The molecule has 0 radical (unpaired) electrons. The van der Waals surface area contributed by atoms with E-state index in [4.69, 9.17) is 5.26 Å². The maximum atomic E-state index is 8.76. The lowest BCUT2D eigenvalue weighted by atomic mass is 10.1. The average Bonchev–Trinajstić information content (AvgIpc) is 2.89. The van der Waals surface area contributed by atoms with Gasteiger partial charge in [-0.3, -0.25) is 0 Å². The van der Waals surface area contributed by atoms with Crippen molar-refractivity contribution >= 4 is 11.3 Å². The topological polar surface area (TPSA) is 48.7 Å². The van der Waals surface area contributed by atoms with Gasteiger partial charge in [-0.1, -0.05) is 19.1 Å². The molecule has 0 fully saturated rings. The standard InChI is InChI=1S/C14H15N3S/c1-10(8-16-2)14-17-13(9-18-14)12-5-3-11(7-15)4-6-12/h3-6,9-10,16H,8H2,1-2H3. The molecule has 2 aromatic rings. The first kappa shape index (κ1) is 12.7. The zero-order valence-electron chi connectivity index (χ0n) is 10.5. The van der Waals surface area contributed by atoms with Crippen molar-refractivity contribution in [3.63, 3.8) is 0 Å². The van der Waals surface area contributed by atoms with Crippen LogP contribution in [0.5, 0.6) is 0 Å². The van der Waals surface area contributed by atoms with Crippen molar-refractivity contribution in [2.45, 2.75) is 12.8 Å². The Bertz CT molecular complexity index is 551. The fourth-order valence-corrected chi connectivity index (χ4v) is 2.64.